The highest BCUT2D eigenvalue weighted by Gasteiger charge is 2.25. The van der Waals surface area contributed by atoms with E-state index in [4.69, 9.17) is 34.8 Å². The van der Waals surface area contributed by atoms with Gasteiger partial charge in [0.15, 0.2) is 5.69 Å². The predicted molar refractivity (Wildman–Crippen MR) is 98.2 cm³/mol. The number of aromatic nitrogens is 2. The molecule has 0 fully saturated rings. The molecule has 2 heterocycles. The highest BCUT2D eigenvalue weighted by Crippen LogP contribution is 2.37. The number of benzene rings is 1. The average Bonchev–Trinajstić information content (AvgIpc) is 3.10. The zero-order valence-electron chi connectivity index (χ0n) is 12.4. The van der Waals surface area contributed by atoms with Crippen LogP contribution in [0.25, 0.3) is 16.3 Å². The summed E-state index contributed by atoms with van der Waals surface area (Å²) in [5.41, 5.74) is 1.87. The molecule has 4 nitrogen and oxygen atoms in total. The molecule has 0 bridgehead atoms. The van der Waals surface area contributed by atoms with Crippen LogP contribution >= 0.6 is 46.1 Å². The molecule has 0 amide bonds. The van der Waals surface area contributed by atoms with Gasteiger partial charge in [0, 0.05) is 16.0 Å². The quantitative estimate of drug-likeness (QED) is 0.599. The van der Waals surface area contributed by atoms with Gasteiger partial charge in [0.1, 0.15) is 0 Å². The summed E-state index contributed by atoms with van der Waals surface area (Å²) in [6.07, 6.45) is 0.512. The second kappa shape index (κ2) is 6.76. The molecule has 1 aromatic carbocycles. The van der Waals surface area contributed by atoms with E-state index in [1.807, 2.05) is 6.92 Å². The first-order chi connectivity index (χ1) is 11.4. The third kappa shape index (κ3) is 3.05. The van der Waals surface area contributed by atoms with Crippen LogP contribution in [0.3, 0.4) is 0 Å². The van der Waals surface area contributed by atoms with Crippen LogP contribution in [0.1, 0.15) is 23.0 Å². The normalized spacial score (nSPS) is 11.0. The Labute approximate surface area is 157 Å². The fourth-order valence-corrected chi connectivity index (χ4v) is 4.09. The third-order valence-electron chi connectivity index (χ3n) is 3.48. The average molecular weight is 402 g/mol. The van der Waals surface area contributed by atoms with Gasteiger partial charge in [-0.05, 0) is 30.7 Å². The Bertz CT molecular complexity index is 934. The molecule has 0 aliphatic carbocycles. The van der Waals surface area contributed by atoms with Crippen molar-refractivity contribution < 1.29 is 9.90 Å². The second-order valence-corrected chi connectivity index (χ2v) is 7.16. The maximum absolute atomic E-state index is 11.6. The van der Waals surface area contributed by atoms with Gasteiger partial charge in [-0.2, -0.15) is 5.10 Å². The van der Waals surface area contributed by atoms with E-state index in [1.54, 1.807) is 34.3 Å². The highest BCUT2D eigenvalue weighted by atomic mass is 35.5. The van der Waals surface area contributed by atoms with Crippen molar-refractivity contribution in [1.29, 1.82) is 0 Å². The molecule has 0 spiro atoms. The van der Waals surface area contributed by atoms with E-state index < -0.39 is 5.97 Å². The van der Waals surface area contributed by atoms with Crippen molar-refractivity contribution in [1.82, 2.24) is 9.78 Å². The van der Waals surface area contributed by atoms with Gasteiger partial charge >= 0.3 is 5.97 Å². The van der Waals surface area contributed by atoms with E-state index in [-0.39, 0.29) is 5.69 Å². The Hall–Kier alpha value is -1.53. The first-order valence-electron chi connectivity index (χ1n) is 6.97. The summed E-state index contributed by atoms with van der Waals surface area (Å²) < 4.78 is 1.54. The fourth-order valence-electron chi connectivity index (χ4n) is 2.47. The number of hydrogen-bond donors (Lipinski definition) is 1. The summed E-state index contributed by atoms with van der Waals surface area (Å²) in [7, 11) is 0. The number of nitrogens with zero attached hydrogens (tertiary/aromatic N) is 2. The Balaban J connectivity index is 2.34. The predicted octanol–water partition coefficient (Wildman–Crippen LogP) is 5.82. The Morgan fingerprint density at radius 3 is 2.54 bits per heavy atom. The topological polar surface area (TPSA) is 55.1 Å². The van der Waals surface area contributed by atoms with Crippen LogP contribution in [0, 0.1) is 0 Å². The summed E-state index contributed by atoms with van der Waals surface area (Å²) in [6, 6.07) is 6.77. The lowest BCUT2D eigenvalue weighted by atomic mass is 10.1. The number of rotatable bonds is 4. The van der Waals surface area contributed by atoms with Crippen molar-refractivity contribution in [3.05, 3.63) is 56.0 Å². The number of carboxylic acid groups (broad SMARTS) is 1. The van der Waals surface area contributed by atoms with E-state index in [1.165, 1.54) is 11.3 Å². The molecule has 3 aromatic rings. The minimum absolute atomic E-state index is 0.00281. The van der Waals surface area contributed by atoms with Gasteiger partial charge in [-0.15, -0.1) is 11.3 Å². The van der Waals surface area contributed by atoms with Crippen LogP contribution in [-0.2, 0) is 6.42 Å². The molecule has 0 saturated heterocycles. The maximum Gasteiger partial charge on any atom is 0.356 e. The third-order valence-corrected chi connectivity index (χ3v) is 5.30. The van der Waals surface area contributed by atoms with Crippen LogP contribution in [-0.4, -0.2) is 20.9 Å². The van der Waals surface area contributed by atoms with Crippen molar-refractivity contribution in [2.75, 3.05) is 0 Å². The van der Waals surface area contributed by atoms with Crippen LogP contribution in [0.5, 0.6) is 0 Å². The summed E-state index contributed by atoms with van der Waals surface area (Å²) in [4.78, 5) is 12.4. The van der Waals surface area contributed by atoms with Crippen molar-refractivity contribution in [3.8, 4) is 16.3 Å². The second-order valence-electron chi connectivity index (χ2n) is 4.97. The number of carbonyl (C=O) groups is 1. The molecule has 0 aliphatic heterocycles. The first-order valence-corrected chi connectivity index (χ1v) is 8.98. The lowest BCUT2D eigenvalue weighted by molar-refractivity contribution is 0.0689. The number of aromatic carboxylic acids is 1. The molecular formula is C16H11Cl3N2O2S. The number of hydrogen-bond acceptors (Lipinski definition) is 3. The van der Waals surface area contributed by atoms with Gasteiger partial charge in [0.05, 0.1) is 26.3 Å². The van der Waals surface area contributed by atoms with Crippen molar-refractivity contribution >= 4 is 52.1 Å². The van der Waals surface area contributed by atoms with Crippen molar-refractivity contribution in [2.45, 2.75) is 13.3 Å². The molecular weight excluding hydrogens is 391 g/mol. The molecule has 3 rings (SSSR count). The largest absolute Gasteiger partial charge is 0.476 e. The van der Waals surface area contributed by atoms with Crippen molar-refractivity contribution in [3.63, 3.8) is 0 Å². The summed E-state index contributed by atoms with van der Waals surface area (Å²) in [6.45, 7) is 1.88. The lowest BCUT2D eigenvalue weighted by Gasteiger charge is -2.09. The monoisotopic (exact) mass is 400 g/mol. The van der Waals surface area contributed by atoms with E-state index in [9.17, 15) is 9.90 Å². The van der Waals surface area contributed by atoms with E-state index >= 15 is 0 Å². The van der Waals surface area contributed by atoms with E-state index in [2.05, 4.69) is 5.10 Å². The summed E-state index contributed by atoms with van der Waals surface area (Å²) in [5.74, 6) is -1.08. The number of thiophene rings is 1. The van der Waals surface area contributed by atoms with Crippen LogP contribution in [0.4, 0.5) is 0 Å². The minimum atomic E-state index is -1.08. The molecule has 24 heavy (non-hydrogen) atoms. The maximum atomic E-state index is 11.6. The van der Waals surface area contributed by atoms with E-state index in [0.29, 0.717) is 38.4 Å². The van der Waals surface area contributed by atoms with E-state index in [0.717, 1.165) is 4.88 Å². The lowest BCUT2D eigenvalue weighted by Crippen LogP contribution is -2.03. The Morgan fingerprint density at radius 1 is 1.25 bits per heavy atom. The van der Waals surface area contributed by atoms with Gasteiger partial charge in [0.2, 0.25) is 0 Å². The van der Waals surface area contributed by atoms with Gasteiger partial charge in [-0.1, -0.05) is 41.7 Å². The van der Waals surface area contributed by atoms with Gasteiger partial charge in [0.25, 0.3) is 0 Å². The smallest absolute Gasteiger partial charge is 0.356 e. The SMILES string of the molecule is CCc1c(C(=O)O)nn(-c2ccc(Cl)cc2Cl)c1-c1cc(Cl)cs1. The van der Waals surface area contributed by atoms with Gasteiger partial charge < -0.3 is 5.11 Å². The Morgan fingerprint density at radius 2 is 2.00 bits per heavy atom. The molecule has 0 aliphatic rings. The molecule has 0 atom stereocenters. The van der Waals surface area contributed by atoms with Gasteiger partial charge in [-0.3, -0.25) is 0 Å². The molecule has 0 radical (unpaired) electrons. The zero-order valence-corrected chi connectivity index (χ0v) is 15.5. The molecule has 124 valence electrons. The fraction of sp³-hybridized carbons (Fsp3) is 0.125. The molecule has 0 saturated carbocycles. The highest BCUT2D eigenvalue weighted by molar-refractivity contribution is 7.14. The Kier molecular flexibility index (Phi) is 4.88. The van der Waals surface area contributed by atoms with Crippen LogP contribution in [0.15, 0.2) is 29.6 Å². The molecule has 1 N–H and O–H groups in total. The van der Waals surface area contributed by atoms with Crippen molar-refractivity contribution in [2.24, 2.45) is 0 Å². The first kappa shape index (κ1) is 17.3. The van der Waals surface area contributed by atoms with Crippen LogP contribution < -0.4 is 0 Å². The standard InChI is InChI=1S/C16H11Cl3N2O2S/c1-2-10-14(16(22)23)20-21(12-4-3-8(17)5-11(12)19)15(10)13-6-9(18)7-24-13/h3-7H,2H2,1H3,(H,22,23). The number of halogens is 3. The van der Waals surface area contributed by atoms with Crippen LogP contribution in [0.2, 0.25) is 15.1 Å². The molecule has 2 aromatic heterocycles. The van der Waals surface area contributed by atoms with Gasteiger partial charge in [-0.25, -0.2) is 9.48 Å². The molecule has 8 heteroatoms. The zero-order chi connectivity index (χ0) is 17.4. The minimum Gasteiger partial charge on any atom is -0.476 e. The summed E-state index contributed by atoms with van der Waals surface area (Å²) >= 11 is 19.7. The summed E-state index contributed by atoms with van der Waals surface area (Å²) in [5, 5.41) is 17.0. The molecule has 0 unspecified atom stereocenters. The number of carboxylic acids is 1.